The molecule has 0 unspecified atom stereocenters. The Bertz CT molecular complexity index is 553. The lowest BCUT2D eigenvalue weighted by molar-refractivity contribution is 0.00320. The molecule has 1 aromatic heterocycles. The first-order valence-electron chi connectivity index (χ1n) is 6.30. The molecule has 1 aliphatic heterocycles. The minimum atomic E-state index is -3.52. The predicted octanol–water partition coefficient (Wildman–Crippen LogP) is 1.27. The van der Waals surface area contributed by atoms with Gasteiger partial charge in [0.25, 0.3) is 10.0 Å². The Morgan fingerprint density at radius 3 is 2.65 bits per heavy atom. The van der Waals surface area contributed by atoms with Gasteiger partial charge < -0.3 is 9.84 Å². The second kappa shape index (κ2) is 6.67. The molecule has 0 atom stereocenters. The fourth-order valence-electron chi connectivity index (χ4n) is 2.17. The fraction of sp³-hybridized carbons (Fsp3) is 0.727. The Kier molecular flexibility index (Phi) is 5.38. The third-order valence-electron chi connectivity index (χ3n) is 3.15. The number of piperidine rings is 1. The van der Waals surface area contributed by atoms with Crippen LogP contribution in [-0.2, 0) is 14.8 Å². The molecule has 1 fully saturated rings. The highest BCUT2D eigenvalue weighted by Crippen LogP contribution is 2.31. The highest BCUT2D eigenvalue weighted by Gasteiger charge is 2.32. The highest BCUT2D eigenvalue weighted by atomic mass is 35.5. The van der Waals surface area contributed by atoms with Gasteiger partial charge >= 0.3 is 0 Å². The molecule has 1 aromatic rings. The van der Waals surface area contributed by atoms with Gasteiger partial charge in [-0.15, -0.1) is 0 Å². The number of aromatic nitrogens is 1. The molecule has 20 heavy (non-hydrogen) atoms. The van der Waals surface area contributed by atoms with Crippen LogP contribution in [0.1, 0.15) is 18.5 Å². The summed E-state index contributed by atoms with van der Waals surface area (Å²) in [5.74, 6) is 0. The second-order valence-corrected chi connectivity index (χ2v) is 8.25. The topological polar surface area (TPSA) is 79.7 Å². The zero-order valence-electron chi connectivity index (χ0n) is 11.1. The molecule has 9 heteroatoms. The second-order valence-electron chi connectivity index (χ2n) is 4.54. The lowest BCUT2D eigenvalue weighted by Crippen LogP contribution is -2.41. The van der Waals surface area contributed by atoms with Gasteiger partial charge in [0.2, 0.25) is 0 Å². The largest absolute Gasteiger partial charge is 0.394 e. The summed E-state index contributed by atoms with van der Waals surface area (Å²) < 4.78 is 32.3. The molecule has 1 aliphatic rings. The van der Waals surface area contributed by atoms with E-state index >= 15 is 0 Å². The molecular formula is C11H17ClN2O4S2. The summed E-state index contributed by atoms with van der Waals surface area (Å²) in [5, 5.41) is 8.71. The van der Waals surface area contributed by atoms with E-state index in [4.69, 9.17) is 21.4 Å². The SMILES string of the molecule is Cc1nc(Cl)sc1S(=O)(=O)N1CCC(OCCO)CC1. The molecule has 0 bridgehead atoms. The van der Waals surface area contributed by atoms with Gasteiger partial charge in [-0.3, -0.25) is 0 Å². The van der Waals surface area contributed by atoms with Crippen molar-refractivity contribution < 1.29 is 18.3 Å². The van der Waals surface area contributed by atoms with Crippen LogP contribution in [0.3, 0.4) is 0 Å². The zero-order valence-corrected chi connectivity index (χ0v) is 13.5. The molecule has 2 heterocycles. The van der Waals surface area contributed by atoms with Gasteiger partial charge in [-0.1, -0.05) is 22.9 Å². The van der Waals surface area contributed by atoms with Gasteiger partial charge in [0, 0.05) is 13.1 Å². The molecule has 0 saturated carbocycles. The molecule has 0 aliphatic carbocycles. The van der Waals surface area contributed by atoms with Gasteiger partial charge in [0.15, 0.2) is 8.68 Å². The summed E-state index contributed by atoms with van der Waals surface area (Å²) in [5.41, 5.74) is 0.443. The molecule has 2 rings (SSSR count). The lowest BCUT2D eigenvalue weighted by atomic mass is 10.1. The zero-order chi connectivity index (χ0) is 14.8. The molecule has 0 amide bonds. The van der Waals surface area contributed by atoms with Crippen molar-refractivity contribution in [1.29, 1.82) is 0 Å². The van der Waals surface area contributed by atoms with E-state index in [1.54, 1.807) is 6.92 Å². The van der Waals surface area contributed by atoms with Crippen LogP contribution in [0.4, 0.5) is 0 Å². The summed E-state index contributed by atoms with van der Waals surface area (Å²) in [6, 6.07) is 0. The first-order chi connectivity index (χ1) is 9.45. The minimum Gasteiger partial charge on any atom is -0.394 e. The normalized spacial score (nSPS) is 18.6. The van der Waals surface area contributed by atoms with Crippen LogP contribution < -0.4 is 0 Å². The summed E-state index contributed by atoms with van der Waals surface area (Å²) in [6.45, 7) is 2.74. The van der Waals surface area contributed by atoms with Crippen LogP contribution in [0.2, 0.25) is 4.47 Å². The van der Waals surface area contributed by atoms with Crippen LogP contribution in [0.15, 0.2) is 4.21 Å². The Morgan fingerprint density at radius 1 is 1.50 bits per heavy atom. The molecule has 1 saturated heterocycles. The maximum absolute atomic E-state index is 12.5. The van der Waals surface area contributed by atoms with Crippen molar-refractivity contribution in [1.82, 2.24) is 9.29 Å². The third kappa shape index (κ3) is 3.49. The van der Waals surface area contributed by atoms with Crippen LogP contribution >= 0.6 is 22.9 Å². The number of thiazole rings is 1. The van der Waals surface area contributed by atoms with Crippen molar-refractivity contribution in [3.05, 3.63) is 10.2 Å². The molecular weight excluding hydrogens is 324 g/mol. The first kappa shape index (κ1) is 16.1. The molecule has 114 valence electrons. The van der Waals surface area contributed by atoms with Crippen molar-refractivity contribution in [2.45, 2.75) is 30.1 Å². The maximum Gasteiger partial charge on any atom is 0.254 e. The molecule has 6 nitrogen and oxygen atoms in total. The standard InChI is InChI=1S/C11H17ClN2O4S2/c1-8-10(19-11(12)13-8)20(16,17)14-4-2-9(3-5-14)18-7-6-15/h9,15H,2-7H2,1H3. The van der Waals surface area contributed by atoms with Crippen LogP contribution in [-0.4, -0.2) is 55.2 Å². The van der Waals surface area contributed by atoms with E-state index in [1.165, 1.54) is 4.31 Å². The van der Waals surface area contributed by atoms with Gasteiger partial charge in [-0.05, 0) is 19.8 Å². The summed E-state index contributed by atoms with van der Waals surface area (Å²) in [4.78, 5) is 3.95. The van der Waals surface area contributed by atoms with E-state index < -0.39 is 10.0 Å². The number of nitrogens with zero attached hydrogens (tertiary/aromatic N) is 2. The van der Waals surface area contributed by atoms with E-state index in [0.717, 1.165) is 11.3 Å². The number of aryl methyl sites for hydroxylation is 1. The van der Waals surface area contributed by atoms with Gasteiger partial charge in [-0.2, -0.15) is 4.31 Å². The van der Waals surface area contributed by atoms with E-state index in [-0.39, 0.29) is 21.4 Å². The summed E-state index contributed by atoms with van der Waals surface area (Å²) in [6.07, 6.45) is 1.27. The fourth-order valence-corrected chi connectivity index (χ4v) is 5.51. The first-order valence-corrected chi connectivity index (χ1v) is 8.94. The molecule has 0 radical (unpaired) electrons. The Labute approximate surface area is 127 Å². The highest BCUT2D eigenvalue weighted by molar-refractivity contribution is 7.91. The van der Waals surface area contributed by atoms with Crippen molar-refractivity contribution in [3.63, 3.8) is 0 Å². The van der Waals surface area contributed by atoms with Crippen LogP contribution in [0, 0.1) is 6.92 Å². The Hall–Kier alpha value is -0.250. The number of aliphatic hydroxyl groups excluding tert-OH is 1. The van der Waals surface area contributed by atoms with Crippen molar-refractivity contribution >= 4 is 33.0 Å². The average molecular weight is 341 g/mol. The Balaban J connectivity index is 2.04. The average Bonchev–Trinajstić information content (AvgIpc) is 2.76. The predicted molar refractivity (Wildman–Crippen MR) is 76.7 cm³/mol. The van der Waals surface area contributed by atoms with Gasteiger partial charge in [0.05, 0.1) is 25.0 Å². The van der Waals surface area contributed by atoms with Crippen molar-refractivity contribution in [2.75, 3.05) is 26.3 Å². The van der Waals surface area contributed by atoms with Gasteiger partial charge in [0.1, 0.15) is 0 Å². The van der Waals surface area contributed by atoms with E-state index in [0.29, 0.717) is 38.2 Å². The monoisotopic (exact) mass is 340 g/mol. The van der Waals surface area contributed by atoms with Crippen LogP contribution in [0.25, 0.3) is 0 Å². The number of rotatable bonds is 5. The number of aliphatic hydroxyl groups is 1. The summed E-state index contributed by atoms with van der Waals surface area (Å²) in [7, 11) is -3.52. The summed E-state index contributed by atoms with van der Waals surface area (Å²) >= 11 is 6.76. The number of ether oxygens (including phenoxy) is 1. The van der Waals surface area contributed by atoms with Gasteiger partial charge in [-0.25, -0.2) is 13.4 Å². The minimum absolute atomic E-state index is 0.0137. The van der Waals surface area contributed by atoms with E-state index in [2.05, 4.69) is 4.98 Å². The number of hydrogen-bond donors (Lipinski definition) is 1. The molecule has 1 N–H and O–H groups in total. The smallest absolute Gasteiger partial charge is 0.254 e. The van der Waals surface area contributed by atoms with E-state index in [1.807, 2.05) is 0 Å². The van der Waals surface area contributed by atoms with Crippen molar-refractivity contribution in [2.24, 2.45) is 0 Å². The van der Waals surface area contributed by atoms with E-state index in [9.17, 15) is 8.42 Å². The third-order valence-corrected chi connectivity index (χ3v) is 6.90. The Morgan fingerprint density at radius 2 is 2.15 bits per heavy atom. The lowest BCUT2D eigenvalue weighted by Gasteiger charge is -2.30. The number of sulfonamides is 1. The number of halogens is 1. The van der Waals surface area contributed by atoms with Crippen molar-refractivity contribution in [3.8, 4) is 0 Å². The number of hydrogen-bond acceptors (Lipinski definition) is 6. The molecule has 0 spiro atoms. The quantitative estimate of drug-likeness (QED) is 0.873. The van der Waals surface area contributed by atoms with Crippen LogP contribution in [0.5, 0.6) is 0 Å². The molecule has 0 aromatic carbocycles. The maximum atomic E-state index is 12.5.